The molecule has 2 rings (SSSR count). The Balaban J connectivity index is 2.39. The number of nitrogens with zero attached hydrogens (tertiary/aromatic N) is 2. The van der Waals surface area contributed by atoms with Gasteiger partial charge in [0, 0.05) is 30.6 Å². The summed E-state index contributed by atoms with van der Waals surface area (Å²) < 4.78 is 5.29. The van der Waals surface area contributed by atoms with E-state index in [0.29, 0.717) is 18.2 Å². The van der Waals surface area contributed by atoms with Gasteiger partial charge in [-0.3, -0.25) is 9.78 Å². The van der Waals surface area contributed by atoms with Crippen LogP contribution in [0.3, 0.4) is 0 Å². The number of carbonyl (C=O) groups is 1. The molecule has 5 heteroatoms. The van der Waals surface area contributed by atoms with Crippen LogP contribution in [0.5, 0.6) is 0 Å². The predicted octanol–water partition coefficient (Wildman–Crippen LogP) is 3.71. The molecule has 0 fully saturated rings. The lowest BCUT2D eigenvalue weighted by atomic mass is 9.98. The molecule has 1 heterocycles. The Labute approximate surface area is 142 Å². The topological polar surface area (TPSA) is 42.4 Å². The molecule has 0 N–H and O–H groups in total. The van der Waals surface area contributed by atoms with Crippen molar-refractivity contribution < 1.29 is 9.53 Å². The highest BCUT2D eigenvalue weighted by molar-refractivity contribution is 6.30. The quantitative estimate of drug-likeness (QED) is 0.776. The molecule has 1 atom stereocenters. The minimum Gasteiger partial charge on any atom is -0.372 e. The molecule has 0 radical (unpaired) electrons. The van der Waals surface area contributed by atoms with Gasteiger partial charge in [0.1, 0.15) is 6.61 Å². The summed E-state index contributed by atoms with van der Waals surface area (Å²) >= 11 is 5.99. The zero-order valence-corrected chi connectivity index (χ0v) is 14.2. The first kappa shape index (κ1) is 17.4. The van der Waals surface area contributed by atoms with E-state index < -0.39 is 0 Å². The van der Waals surface area contributed by atoms with E-state index in [0.717, 1.165) is 11.1 Å². The highest BCUT2D eigenvalue weighted by atomic mass is 35.5. The number of pyridine rings is 1. The number of hydrogen-bond donors (Lipinski definition) is 0. The van der Waals surface area contributed by atoms with E-state index in [4.69, 9.17) is 16.3 Å². The molecular weight excluding hydrogens is 312 g/mol. The molecule has 1 aromatic carbocycles. The van der Waals surface area contributed by atoms with Gasteiger partial charge in [0.05, 0.1) is 6.04 Å². The maximum absolute atomic E-state index is 12.5. The summed E-state index contributed by atoms with van der Waals surface area (Å²) in [5, 5.41) is 0.669. The Hall–Kier alpha value is -1.91. The van der Waals surface area contributed by atoms with Crippen molar-refractivity contribution in [3.05, 3.63) is 64.9 Å². The number of hydrogen-bond acceptors (Lipinski definition) is 3. The largest absolute Gasteiger partial charge is 0.372 e. The van der Waals surface area contributed by atoms with Crippen LogP contribution in [0.2, 0.25) is 5.02 Å². The Morgan fingerprint density at radius 2 is 1.96 bits per heavy atom. The maximum atomic E-state index is 12.5. The summed E-state index contributed by atoms with van der Waals surface area (Å²) in [4.78, 5) is 18.5. The van der Waals surface area contributed by atoms with Gasteiger partial charge in [0.25, 0.3) is 0 Å². The van der Waals surface area contributed by atoms with Crippen LogP contribution >= 0.6 is 11.6 Å². The van der Waals surface area contributed by atoms with Gasteiger partial charge in [0.2, 0.25) is 5.91 Å². The normalized spacial score (nSPS) is 12.0. The first-order valence-corrected chi connectivity index (χ1v) is 8.07. The van der Waals surface area contributed by atoms with E-state index in [1.54, 1.807) is 17.3 Å². The molecule has 2 aromatic rings. The molecule has 0 aliphatic carbocycles. The molecule has 0 saturated carbocycles. The Morgan fingerprint density at radius 1 is 1.22 bits per heavy atom. The van der Waals surface area contributed by atoms with E-state index in [2.05, 4.69) is 4.98 Å². The Kier molecular flexibility index (Phi) is 6.56. The number of aromatic nitrogens is 1. The van der Waals surface area contributed by atoms with Crippen molar-refractivity contribution in [3.63, 3.8) is 0 Å². The molecule has 0 spiro atoms. The van der Waals surface area contributed by atoms with Gasteiger partial charge in [-0.15, -0.1) is 0 Å². The lowest BCUT2D eigenvalue weighted by molar-refractivity contribution is -0.137. The number of amides is 1. The van der Waals surface area contributed by atoms with Gasteiger partial charge in [-0.2, -0.15) is 0 Å². The second-order valence-electron chi connectivity index (χ2n) is 5.06. The summed E-state index contributed by atoms with van der Waals surface area (Å²) in [7, 11) is 0. The SMILES string of the molecule is CCOCC(=O)N(CC)[C@@H](c1ccc(Cl)cc1)c1cccnc1. The summed E-state index contributed by atoms with van der Waals surface area (Å²) in [6.07, 6.45) is 3.51. The Bertz CT molecular complexity index is 617. The predicted molar refractivity (Wildman–Crippen MR) is 91.4 cm³/mol. The van der Waals surface area contributed by atoms with Crippen LogP contribution in [0.4, 0.5) is 0 Å². The molecule has 0 aliphatic heterocycles. The van der Waals surface area contributed by atoms with Gasteiger partial charge < -0.3 is 9.64 Å². The summed E-state index contributed by atoms with van der Waals surface area (Å²) in [6, 6.07) is 11.2. The van der Waals surface area contributed by atoms with Gasteiger partial charge in [-0.05, 0) is 43.2 Å². The van der Waals surface area contributed by atoms with Gasteiger partial charge in [0.15, 0.2) is 0 Å². The second kappa shape index (κ2) is 8.65. The first-order chi connectivity index (χ1) is 11.2. The fourth-order valence-corrected chi connectivity index (χ4v) is 2.64. The molecule has 1 amide bonds. The lowest BCUT2D eigenvalue weighted by Gasteiger charge is -2.31. The number of halogens is 1. The first-order valence-electron chi connectivity index (χ1n) is 7.70. The van der Waals surface area contributed by atoms with Crippen LogP contribution in [0.1, 0.15) is 31.0 Å². The van der Waals surface area contributed by atoms with E-state index in [-0.39, 0.29) is 18.6 Å². The zero-order chi connectivity index (χ0) is 16.7. The van der Waals surface area contributed by atoms with Crippen LogP contribution in [0.25, 0.3) is 0 Å². The molecule has 0 unspecified atom stereocenters. The monoisotopic (exact) mass is 332 g/mol. The van der Waals surface area contributed by atoms with Crippen LogP contribution in [-0.2, 0) is 9.53 Å². The third-order valence-electron chi connectivity index (χ3n) is 3.59. The van der Waals surface area contributed by atoms with E-state index >= 15 is 0 Å². The van der Waals surface area contributed by atoms with Gasteiger partial charge >= 0.3 is 0 Å². The average Bonchev–Trinajstić information content (AvgIpc) is 2.59. The van der Waals surface area contributed by atoms with Crippen molar-refractivity contribution in [2.24, 2.45) is 0 Å². The van der Waals surface area contributed by atoms with Crippen molar-refractivity contribution in [1.82, 2.24) is 9.88 Å². The molecule has 0 bridgehead atoms. The average molecular weight is 333 g/mol. The van der Waals surface area contributed by atoms with Crippen LogP contribution < -0.4 is 0 Å². The summed E-state index contributed by atoms with van der Waals surface area (Å²) in [5.74, 6) is -0.0434. The fourth-order valence-electron chi connectivity index (χ4n) is 2.51. The van der Waals surface area contributed by atoms with Crippen molar-refractivity contribution >= 4 is 17.5 Å². The van der Waals surface area contributed by atoms with E-state index in [9.17, 15) is 4.79 Å². The second-order valence-corrected chi connectivity index (χ2v) is 5.49. The third-order valence-corrected chi connectivity index (χ3v) is 3.84. The van der Waals surface area contributed by atoms with Crippen molar-refractivity contribution in [2.45, 2.75) is 19.9 Å². The van der Waals surface area contributed by atoms with Crippen molar-refractivity contribution in [2.75, 3.05) is 19.8 Å². The molecule has 0 saturated heterocycles. The summed E-state index contributed by atoms with van der Waals surface area (Å²) in [6.45, 7) is 5.01. The van der Waals surface area contributed by atoms with Gasteiger partial charge in [-0.25, -0.2) is 0 Å². The fraction of sp³-hybridized carbons (Fsp3) is 0.333. The number of benzene rings is 1. The molecule has 1 aromatic heterocycles. The number of carbonyl (C=O) groups excluding carboxylic acids is 1. The molecule has 4 nitrogen and oxygen atoms in total. The van der Waals surface area contributed by atoms with Crippen molar-refractivity contribution in [3.8, 4) is 0 Å². The minimum absolute atomic E-state index is 0.0434. The molecule has 122 valence electrons. The zero-order valence-electron chi connectivity index (χ0n) is 13.4. The summed E-state index contributed by atoms with van der Waals surface area (Å²) in [5.41, 5.74) is 1.95. The number of ether oxygens (including phenoxy) is 1. The van der Waals surface area contributed by atoms with Crippen LogP contribution in [0, 0.1) is 0 Å². The number of rotatable bonds is 7. The Morgan fingerprint density at radius 3 is 2.52 bits per heavy atom. The highest BCUT2D eigenvalue weighted by Gasteiger charge is 2.25. The molecular formula is C18H21ClN2O2. The molecule has 0 aliphatic rings. The smallest absolute Gasteiger partial charge is 0.249 e. The lowest BCUT2D eigenvalue weighted by Crippen LogP contribution is -2.38. The molecule has 23 heavy (non-hydrogen) atoms. The standard InChI is InChI=1S/C18H21ClN2O2/c1-3-21(17(22)13-23-4-2)18(15-6-5-11-20-12-15)14-7-9-16(19)10-8-14/h5-12,18H,3-4,13H2,1-2H3/t18-/m0/s1. The van der Waals surface area contributed by atoms with E-state index in [1.165, 1.54) is 0 Å². The van der Waals surface area contributed by atoms with Gasteiger partial charge in [-0.1, -0.05) is 29.8 Å². The third kappa shape index (κ3) is 4.53. The number of likely N-dealkylation sites (N-methyl/N-ethyl adjacent to an activating group) is 1. The minimum atomic E-state index is -0.209. The highest BCUT2D eigenvalue weighted by Crippen LogP contribution is 2.29. The maximum Gasteiger partial charge on any atom is 0.249 e. The van der Waals surface area contributed by atoms with Crippen molar-refractivity contribution in [1.29, 1.82) is 0 Å². The van der Waals surface area contributed by atoms with Crippen LogP contribution in [-0.4, -0.2) is 35.5 Å². The van der Waals surface area contributed by atoms with Crippen LogP contribution in [0.15, 0.2) is 48.8 Å². The van der Waals surface area contributed by atoms with E-state index in [1.807, 2.05) is 50.2 Å².